The zero-order valence-corrected chi connectivity index (χ0v) is 13.4. The van der Waals surface area contributed by atoms with Crippen LogP contribution < -0.4 is 5.32 Å². The molecular formula is C16H23N5O. The Morgan fingerprint density at radius 1 is 1.41 bits per heavy atom. The van der Waals surface area contributed by atoms with E-state index in [-0.39, 0.29) is 11.9 Å². The summed E-state index contributed by atoms with van der Waals surface area (Å²) >= 11 is 0. The monoisotopic (exact) mass is 301 g/mol. The molecule has 3 heterocycles. The normalized spacial score (nSPS) is 19.8. The molecule has 0 unspecified atom stereocenters. The quantitative estimate of drug-likeness (QED) is 0.934. The summed E-state index contributed by atoms with van der Waals surface area (Å²) in [5.41, 5.74) is 2.05. The van der Waals surface area contributed by atoms with Crippen molar-refractivity contribution in [2.24, 2.45) is 0 Å². The minimum absolute atomic E-state index is 0.0390. The molecule has 2 aromatic rings. The predicted octanol–water partition coefficient (Wildman–Crippen LogP) is 1.72. The third-order valence-corrected chi connectivity index (χ3v) is 4.19. The number of fused-ring (bicyclic) bond motifs is 1. The van der Waals surface area contributed by atoms with Gasteiger partial charge in [0, 0.05) is 37.3 Å². The maximum Gasteiger partial charge on any atom is 0.237 e. The summed E-state index contributed by atoms with van der Waals surface area (Å²) in [7, 11) is 0. The molecule has 6 nitrogen and oxygen atoms in total. The number of hydrogen-bond acceptors (Lipinski definition) is 4. The van der Waals surface area contributed by atoms with Gasteiger partial charge in [-0.1, -0.05) is 6.92 Å². The molecule has 1 amide bonds. The van der Waals surface area contributed by atoms with Gasteiger partial charge in [0.2, 0.25) is 5.91 Å². The average molecular weight is 301 g/mol. The Morgan fingerprint density at radius 2 is 2.23 bits per heavy atom. The van der Waals surface area contributed by atoms with E-state index in [2.05, 4.69) is 47.1 Å². The van der Waals surface area contributed by atoms with Crippen LogP contribution in [-0.2, 0) is 11.3 Å². The van der Waals surface area contributed by atoms with Crippen LogP contribution in [0.5, 0.6) is 0 Å². The number of nitrogens with zero attached hydrogens (tertiary/aromatic N) is 4. The van der Waals surface area contributed by atoms with E-state index in [1.807, 2.05) is 17.1 Å². The first-order valence-electron chi connectivity index (χ1n) is 7.94. The highest BCUT2D eigenvalue weighted by atomic mass is 16.2. The van der Waals surface area contributed by atoms with Gasteiger partial charge in [-0.25, -0.2) is 9.67 Å². The van der Waals surface area contributed by atoms with Crippen molar-refractivity contribution >= 4 is 16.9 Å². The average Bonchev–Trinajstić information content (AvgIpc) is 2.91. The van der Waals surface area contributed by atoms with E-state index in [1.165, 1.54) is 0 Å². The smallest absolute Gasteiger partial charge is 0.237 e. The Hall–Kier alpha value is -1.95. The van der Waals surface area contributed by atoms with Gasteiger partial charge in [-0.15, -0.1) is 0 Å². The fraction of sp³-hybridized carbons (Fsp3) is 0.562. The molecule has 1 N–H and O–H groups in total. The predicted molar refractivity (Wildman–Crippen MR) is 85.4 cm³/mol. The molecule has 1 saturated heterocycles. The van der Waals surface area contributed by atoms with Gasteiger partial charge >= 0.3 is 0 Å². The maximum absolute atomic E-state index is 11.9. The third kappa shape index (κ3) is 2.70. The van der Waals surface area contributed by atoms with Crippen molar-refractivity contribution in [2.75, 3.05) is 13.1 Å². The fourth-order valence-corrected chi connectivity index (χ4v) is 3.08. The molecule has 0 saturated carbocycles. The summed E-state index contributed by atoms with van der Waals surface area (Å²) in [6.45, 7) is 8.60. The van der Waals surface area contributed by atoms with Crippen LogP contribution in [-0.4, -0.2) is 44.7 Å². The van der Waals surface area contributed by atoms with Gasteiger partial charge in [0.25, 0.3) is 0 Å². The summed E-state index contributed by atoms with van der Waals surface area (Å²) in [5.74, 6) is 0.135. The lowest BCUT2D eigenvalue weighted by atomic mass is 10.1. The van der Waals surface area contributed by atoms with Crippen LogP contribution in [0.1, 0.15) is 38.8 Å². The van der Waals surface area contributed by atoms with Crippen LogP contribution in [0.4, 0.5) is 0 Å². The van der Waals surface area contributed by atoms with Gasteiger partial charge in [0.05, 0.1) is 12.2 Å². The molecular weight excluding hydrogens is 278 g/mol. The van der Waals surface area contributed by atoms with Crippen molar-refractivity contribution in [1.82, 2.24) is 25.0 Å². The van der Waals surface area contributed by atoms with Gasteiger partial charge in [-0.05, 0) is 31.9 Å². The van der Waals surface area contributed by atoms with Crippen molar-refractivity contribution in [3.05, 3.63) is 24.0 Å². The van der Waals surface area contributed by atoms with Crippen LogP contribution in [0.3, 0.4) is 0 Å². The molecule has 0 spiro atoms. The SMILES string of the molecule is CC[C@H]1C(=O)NCCN1Cc1cnc2c(cnn2C(C)C)c1. The second kappa shape index (κ2) is 6.04. The van der Waals surface area contributed by atoms with Crippen LogP contribution in [0.2, 0.25) is 0 Å². The lowest BCUT2D eigenvalue weighted by molar-refractivity contribution is -0.129. The largest absolute Gasteiger partial charge is 0.353 e. The van der Waals surface area contributed by atoms with E-state index in [0.29, 0.717) is 6.04 Å². The van der Waals surface area contributed by atoms with Crippen LogP contribution >= 0.6 is 0 Å². The van der Waals surface area contributed by atoms with Crippen LogP contribution in [0.25, 0.3) is 11.0 Å². The van der Waals surface area contributed by atoms with Gasteiger partial charge in [0.1, 0.15) is 0 Å². The highest BCUT2D eigenvalue weighted by molar-refractivity contribution is 5.82. The molecule has 2 aromatic heterocycles. The molecule has 0 bridgehead atoms. The van der Waals surface area contributed by atoms with Crippen LogP contribution in [0.15, 0.2) is 18.5 Å². The Kier molecular flexibility index (Phi) is 4.11. The third-order valence-electron chi connectivity index (χ3n) is 4.19. The van der Waals surface area contributed by atoms with Gasteiger partial charge in [-0.2, -0.15) is 5.10 Å². The maximum atomic E-state index is 11.9. The van der Waals surface area contributed by atoms with E-state index < -0.39 is 0 Å². The minimum Gasteiger partial charge on any atom is -0.353 e. The Balaban J connectivity index is 1.83. The summed E-state index contributed by atoms with van der Waals surface area (Å²) in [6.07, 6.45) is 4.60. The van der Waals surface area contributed by atoms with E-state index in [0.717, 1.165) is 42.7 Å². The molecule has 3 rings (SSSR count). The van der Waals surface area contributed by atoms with Crippen molar-refractivity contribution in [3.63, 3.8) is 0 Å². The first kappa shape index (κ1) is 15.0. The highest BCUT2D eigenvalue weighted by Crippen LogP contribution is 2.19. The molecule has 1 atom stereocenters. The van der Waals surface area contributed by atoms with Crippen molar-refractivity contribution in [1.29, 1.82) is 0 Å². The molecule has 22 heavy (non-hydrogen) atoms. The van der Waals surface area contributed by atoms with Gasteiger partial charge < -0.3 is 5.32 Å². The zero-order chi connectivity index (χ0) is 15.7. The number of pyridine rings is 1. The summed E-state index contributed by atoms with van der Waals surface area (Å²) in [5, 5.41) is 8.39. The summed E-state index contributed by atoms with van der Waals surface area (Å²) in [4.78, 5) is 18.7. The molecule has 6 heteroatoms. The fourth-order valence-electron chi connectivity index (χ4n) is 3.08. The molecule has 0 aromatic carbocycles. The molecule has 1 fully saturated rings. The number of piperazine rings is 1. The number of carbonyl (C=O) groups excluding carboxylic acids is 1. The standard InChI is InChI=1S/C16H23N5O/c1-4-14-16(22)17-5-6-20(14)10-12-7-13-9-19-21(11(2)3)15(13)18-8-12/h7-9,11,14H,4-6,10H2,1-3H3,(H,17,22)/t14-/m0/s1. The first-order valence-corrected chi connectivity index (χ1v) is 7.94. The van der Waals surface area contributed by atoms with Crippen LogP contribution in [0, 0.1) is 0 Å². The Labute approximate surface area is 130 Å². The minimum atomic E-state index is -0.0390. The molecule has 118 valence electrons. The van der Waals surface area contributed by atoms with Crippen molar-refractivity contribution < 1.29 is 4.79 Å². The second-order valence-electron chi connectivity index (χ2n) is 6.12. The molecule has 0 aliphatic carbocycles. The Bertz CT molecular complexity index is 678. The van der Waals surface area contributed by atoms with E-state index >= 15 is 0 Å². The molecule has 1 aliphatic heterocycles. The van der Waals surface area contributed by atoms with Gasteiger partial charge in [0.15, 0.2) is 5.65 Å². The zero-order valence-electron chi connectivity index (χ0n) is 13.4. The number of hydrogen-bond donors (Lipinski definition) is 1. The number of nitrogens with one attached hydrogen (secondary N) is 1. The van der Waals surface area contributed by atoms with E-state index in [4.69, 9.17) is 0 Å². The van der Waals surface area contributed by atoms with E-state index in [9.17, 15) is 4.79 Å². The Morgan fingerprint density at radius 3 is 2.95 bits per heavy atom. The van der Waals surface area contributed by atoms with Gasteiger partial charge in [-0.3, -0.25) is 9.69 Å². The summed E-state index contributed by atoms with van der Waals surface area (Å²) in [6, 6.07) is 2.39. The topological polar surface area (TPSA) is 63.1 Å². The van der Waals surface area contributed by atoms with Crippen molar-refractivity contribution in [2.45, 2.75) is 45.8 Å². The highest BCUT2D eigenvalue weighted by Gasteiger charge is 2.27. The second-order valence-corrected chi connectivity index (χ2v) is 6.12. The number of aromatic nitrogens is 3. The number of rotatable bonds is 4. The molecule has 0 radical (unpaired) electrons. The lowest BCUT2D eigenvalue weighted by Gasteiger charge is -2.34. The lowest BCUT2D eigenvalue weighted by Crippen LogP contribution is -2.54. The number of amides is 1. The number of carbonyl (C=O) groups is 1. The van der Waals surface area contributed by atoms with Crippen molar-refractivity contribution in [3.8, 4) is 0 Å². The molecule has 1 aliphatic rings. The van der Waals surface area contributed by atoms with E-state index in [1.54, 1.807) is 0 Å². The summed E-state index contributed by atoms with van der Waals surface area (Å²) < 4.78 is 1.93. The first-order chi connectivity index (χ1) is 10.6.